The second kappa shape index (κ2) is 7.78. The van der Waals surface area contributed by atoms with Crippen LogP contribution >= 0.6 is 15.9 Å². The first-order chi connectivity index (χ1) is 12.9. The molecule has 9 nitrogen and oxygen atoms in total. The van der Waals surface area contributed by atoms with Gasteiger partial charge in [0.05, 0.1) is 6.21 Å². The zero-order valence-corrected chi connectivity index (χ0v) is 16.3. The molecule has 2 heterocycles. The highest BCUT2D eigenvalue weighted by Gasteiger charge is 2.48. The molecule has 1 aromatic carbocycles. The lowest BCUT2D eigenvalue weighted by Crippen LogP contribution is -2.64. The van der Waals surface area contributed by atoms with E-state index >= 15 is 0 Å². The fourth-order valence-corrected chi connectivity index (χ4v) is 3.20. The Morgan fingerprint density at radius 2 is 2.22 bits per heavy atom. The van der Waals surface area contributed by atoms with Gasteiger partial charge in [0.15, 0.2) is 12.2 Å². The Morgan fingerprint density at radius 1 is 1.44 bits per heavy atom. The smallest absolute Gasteiger partial charge is 0.325 e. The summed E-state index contributed by atoms with van der Waals surface area (Å²) in [6.07, 6.45) is 4.57. The molecule has 0 bridgehead atoms. The number of halogens is 1. The van der Waals surface area contributed by atoms with Crippen molar-refractivity contribution in [3.63, 3.8) is 0 Å². The number of aromatic hydroxyl groups is 1. The van der Waals surface area contributed by atoms with Crippen LogP contribution in [0.15, 0.2) is 44.9 Å². The van der Waals surface area contributed by atoms with Crippen molar-refractivity contribution in [1.29, 1.82) is 0 Å². The maximum absolute atomic E-state index is 12.3. The standard InChI is InChI=1S/C17H19BrN6O3/c1-3-4-7-24-13-14(23(2)17(27)21-15(13)26)20-16(24)22-19-9-10-8-11(18)5-6-12(10)25/h3-6,8-9,13-14,25H,7H2,1-2H3,(H,20,22)(H,21,26,27)/b4-3+,19-9-. The van der Waals surface area contributed by atoms with E-state index in [0.29, 0.717) is 18.1 Å². The van der Waals surface area contributed by atoms with E-state index in [1.165, 1.54) is 11.1 Å². The van der Waals surface area contributed by atoms with Crippen LogP contribution in [0.5, 0.6) is 5.75 Å². The van der Waals surface area contributed by atoms with Crippen LogP contribution in [0, 0.1) is 0 Å². The van der Waals surface area contributed by atoms with Gasteiger partial charge in [-0.05, 0) is 25.1 Å². The number of amides is 3. The van der Waals surface area contributed by atoms with Crippen LogP contribution in [0.4, 0.5) is 4.79 Å². The molecule has 27 heavy (non-hydrogen) atoms. The summed E-state index contributed by atoms with van der Waals surface area (Å²) >= 11 is 3.34. The first kappa shape index (κ1) is 18.9. The van der Waals surface area contributed by atoms with E-state index in [-0.39, 0.29) is 5.75 Å². The molecule has 0 spiro atoms. The van der Waals surface area contributed by atoms with Crippen molar-refractivity contribution in [2.75, 3.05) is 13.6 Å². The predicted molar refractivity (Wildman–Crippen MR) is 104 cm³/mol. The van der Waals surface area contributed by atoms with E-state index in [4.69, 9.17) is 0 Å². The number of carbonyl (C=O) groups excluding carboxylic acids is 2. The number of allylic oxidation sites excluding steroid dienone is 1. The third-order valence-electron chi connectivity index (χ3n) is 4.26. The Labute approximate surface area is 164 Å². The Kier molecular flexibility index (Phi) is 5.45. The SMILES string of the molecule is C/C=C/CN1C(N/N=C\c2cc(Br)ccc2O)=NC2C1C(=O)NC(=O)N2C. The number of aliphatic imine (C=N–C) groups is 1. The number of phenolic OH excluding ortho intramolecular Hbond substituents is 1. The van der Waals surface area contributed by atoms with Crippen molar-refractivity contribution in [3.8, 4) is 5.75 Å². The van der Waals surface area contributed by atoms with Gasteiger partial charge >= 0.3 is 6.03 Å². The molecule has 0 aromatic heterocycles. The monoisotopic (exact) mass is 434 g/mol. The summed E-state index contributed by atoms with van der Waals surface area (Å²) in [5.74, 6) is 0.0496. The summed E-state index contributed by atoms with van der Waals surface area (Å²) in [4.78, 5) is 31.8. The van der Waals surface area contributed by atoms with Crippen LogP contribution in [0.3, 0.4) is 0 Å². The minimum atomic E-state index is -0.638. The number of hydrogen-bond donors (Lipinski definition) is 3. The summed E-state index contributed by atoms with van der Waals surface area (Å²) in [6, 6.07) is 3.86. The highest BCUT2D eigenvalue weighted by Crippen LogP contribution is 2.23. The van der Waals surface area contributed by atoms with E-state index in [2.05, 4.69) is 36.8 Å². The number of hydrazone groups is 1. The zero-order valence-electron chi connectivity index (χ0n) is 14.8. The van der Waals surface area contributed by atoms with Gasteiger partial charge in [0.1, 0.15) is 5.75 Å². The second-order valence-electron chi connectivity index (χ2n) is 6.01. The quantitative estimate of drug-likeness (QED) is 0.374. The molecule has 1 fully saturated rings. The lowest BCUT2D eigenvalue weighted by molar-refractivity contribution is -0.126. The van der Waals surface area contributed by atoms with E-state index in [0.717, 1.165) is 4.47 Å². The topological polar surface area (TPSA) is 110 Å². The molecule has 2 unspecified atom stereocenters. The number of phenols is 1. The van der Waals surface area contributed by atoms with Gasteiger partial charge in [-0.2, -0.15) is 5.10 Å². The van der Waals surface area contributed by atoms with Gasteiger partial charge in [0, 0.05) is 23.6 Å². The van der Waals surface area contributed by atoms with Gasteiger partial charge in [-0.15, -0.1) is 0 Å². The molecule has 2 atom stereocenters. The normalized spacial score (nSPS) is 22.4. The predicted octanol–water partition coefficient (Wildman–Crippen LogP) is 1.20. The average molecular weight is 435 g/mol. The van der Waals surface area contributed by atoms with Crippen LogP contribution in [-0.4, -0.2) is 64.8 Å². The lowest BCUT2D eigenvalue weighted by atomic mass is 10.1. The van der Waals surface area contributed by atoms with Crippen LogP contribution in [0.25, 0.3) is 0 Å². The van der Waals surface area contributed by atoms with Crippen LogP contribution in [0.1, 0.15) is 12.5 Å². The number of imide groups is 1. The number of guanidine groups is 1. The van der Waals surface area contributed by atoms with Gasteiger partial charge in [-0.25, -0.2) is 15.2 Å². The van der Waals surface area contributed by atoms with Gasteiger partial charge in [-0.3, -0.25) is 10.1 Å². The molecule has 10 heteroatoms. The second-order valence-corrected chi connectivity index (χ2v) is 6.93. The number of nitrogens with zero attached hydrogens (tertiary/aromatic N) is 4. The maximum Gasteiger partial charge on any atom is 0.325 e. The lowest BCUT2D eigenvalue weighted by Gasteiger charge is -2.35. The number of hydrogen-bond acceptors (Lipinski definition) is 7. The zero-order chi connectivity index (χ0) is 19.6. The summed E-state index contributed by atoms with van der Waals surface area (Å²) in [7, 11) is 1.59. The molecule has 3 rings (SSSR count). The van der Waals surface area contributed by atoms with E-state index in [1.807, 2.05) is 19.1 Å². The largest absolute Gasteiger partial charge is 0.507 e. The Bertz CT molecular complexity index is 853. The minimum Gasteiger partial charge on any atom is -0.507 e. The van der Waals surface area contributed by atoms with Crippen molar-refractivity contribution in [1.82, 2.24) is 20.5 Å². The summed E-state index contributed by atoms with van der Waals surface area (Å²) in [5.41, 5.74) is 3.33. The maximum atomic E-state index is 12.3. The molecule has 0 radical (unpaired) electrons. The summed E-state index contributed by atoms with van der Waals surface area (Å²) < 4.78 is 0.803. The van der Waals surface area contributed by atoms with Crippen molar-refractivity contribution >= 4 is 40.0 Å². The van der Waals surface area contributed by atoms with Crippen LogP contribution < -0.4 is 10.7 Å². The number of rotatable bonds is 4. The Hall–Kier alpha value is -2.88. The van der Waals surface area contributed by atoms with Crippen LogP contribution in [-0.2, 0) is 4.79 Å². The molecular formula is C17H19BrN6O3. The molecule has 0 aliphatic carbocycles. The fourth-order valence-electron chi connectivity index (χ4n) is 2.83. The van der Waals surface area contributed by atoms with E-state index in [9.17, 15) is 14.7 Å². The van der Waals surface area contributed by atoms with Gasteiger partial charge in [0.2, 0.25) is 5.96 Å². The summed E-state index contributed by atoms with van der Waals surface area (Å²) in [5, 5.41) is 16.3. The molecule has 3 N–H and O–H groups in total. The number of benzene rings is 1. The fraction of sp³-hybridized carbons (Fsp3) is 0.294. The highest BCUT2D eigenvalue weighted by molar-refractivity contribution is 9.10. The average Bonchev–Trinajstić information content (AvgIpc) is 3.00. The van der Waals surface area contributed by atoms with Crippen LogP contribution in [0.2, 0.25) is 0 Å². The van der Waals surface area contributed by atoms with Gasteiger partial charge < -0.3 is 14.9 Å². The van der Waals surface area contributed by atoms with Crippen molar-refractivity contribution in [3.05, 3.63) is 40.4 Å². The molecule has 3 amide bonds. The number of likely N-dealkylation sites (N-methyl/N-ethyl adjacent to an activating group) is 1. The third kappa shape index (κ3) is 3.80. The molecular weight excluding hydrogens is 416 g/mol. The Morgan fingerprint density at radius 3 is 2.96 bits per heavy atom. The first-order valence-corrected chi connectivity index (χ1v) is 9.02. The molecule has 2 aliphatic rings. The van der Waals surface area contributed by atoms with Crippen molar-refractivity contribution in [2.45, 2.75) is 19.1 Å². The first-order valence-electron chi connectivity index (χ1n) is 8.23. The molecule has 142 valence electrons. The number of urea groups is 1. The van der Waals surface area contributed by atoms with Gasteiger partial charge in [-0.1, -0.05) is 28.1 Å². The molecule has 0 saturated carbocycles. The number of nitrogens with one attached hydrogen (secondary N) is 2. The van der Waals surface area contributed by atoms with Crippen molar-refractivity contribution in [2.24, 2.45) is 10.1 Å². The summed E-state index contributed by atoms with van der Waals surface area (Å²) in [6.45, 7) is 2.30. The number of fused-ring (bicyclic) bond motifs is 1. The Balaban J connectivity index is 1.83. The number of carbonyl (C=O) groups is 2. The molecule has 1 aromatic rings. The highest BCUT2D eigenvalue weighted by atomic mass is 79.9. The van der Waals surface area contributed by atoms with E-state index < -0.39 is 24.1 Å². The third-order valence-corrected chi connectivity index (χ3v) is 4.75. The molecule has 1 saturated heterocycles. The molecule has 2 aliphatic heterocycles. The minimum absolute atomic E-state index is 0.0845. The van der Waals surface area contributed by atoms with E-state index in [1.54, 1.807) is 30.1 Å². The van der Waals surface area contributed by atoms with Crippen molar-refractivity contribution < 1.29 is 14.7 Å². The van der Waals surface area contributed by atoms with Gasteiger partial charge in [0.25, 0.3) is 5.91 Å².